The minimum absolute atomic E-state index is 0.211. The highest BCUT2D eigenvalue weighted by atomic mass is 32.1. The monoisotopic (exact) mass is 619 g/mol. The fourth-order valence-electron chi connectivity index (χ4n) is 4.93. The third-order valence-corrected chi connectivity index (χ3v) is 8.47. The van der Waals surface area contributed by atoms with Gasteiger partial charge in [0, 0.05) is 22.9 Å². The first-order chi connectivity index (χ1) is 21.9. The summed E-state index contributed by atoms with van der Waals surface area (Å²) in [5, 5.41) is 9.51. The average molecular weight is 620 g/mol. The quantitative estimate of drug-likeness (QED) is 0.136. The van der Waals surface area contributed by atoms with Gasteiger partial charge in [-0.05, 0) is 91.9 Å². The Balaban J connectivity index is 1.34. The lowest BCUT2D eigenvalue weighted by Gasteiger charge is -2.11. The van der Waals surface area contributed by atoms with Gasteiger partial charge >= 0.3 is 0 Å². The van der Waals surface area contributed by atoms with Crippen LogP contribution in [-0.2, 0) is 0 Å². The van der Waals surface area contributed by atoms with Gasteiger partial charge in [-0.3, -0.25) is 4.79 Å². The second-order valence-electron chi connectivity index (χ2n) is 11.5. The predicted octanol–water partition coefficient (Wildman–Crippen LogP) is 7.13. The summed E-state index contributed by atoms with van der Waals surface area (Å²) in [7, 11) is 0. The first-order valence-corrected chi connectivity index (χ1v) is 16.2. The molecule has 0 aliphatic heterocycles. The number of ether oxygens (including phenoxy) is 2. The van der Waals surface area contributed by atoms with Gasteiger partial charge in [0.05, 0.1) is 23.4 Å². The molecule has 0 aliphatic carbocycles. The third-order valence-electron chi connectivity index (χ3n) is 7.51. The van der Waals surface area contributed by atoms with E-state index in [9.17, 15) is 4.79 Å². The predicted molar refractivity (Wildman–Crippen MR) is 180 cm³/mol. The lowest BCUT2D eigenvalue weighted by atomic mass is 10.0. The summed E-state index contributed by atoms with van der Waals surface area (Å²) in [5.41, 5.74) is 5.13. The molecule has 0 saturated heterocycles. The molecule has 6 aromatic rings. The summed E-state index contributed by atoms with van der Waals surface area (Å²) >= 11 is 1.32. The summed E-state index contributed by atoms with van der Waals surface area (Å²) < 4.78 is 15.6. The van der Waals surface area contributed by atoms with Gasteiger partial charge in [0.2, 0.25) is 4.96 Å². The molecule has 0 radical (unpaired) electrons. The van der Waals surface area contributed by atoms with Crippen LogP contribution in [0.1, 0.15) is 51.2 Å². The number of hydrogen-bond donors (Lipinski definition) is 0. The maximum atomic E-state index is 13.5. The molecular weight excluding hydrogens is 582 g/mol. The second kappa shape index (κ2) is 13.5. The van der Waals surface area contributed by atoms with E-state index in [2.05, 4.69) is 36.9 Å². The molecule has 3 aromatic carbocycles. The van der Waals surface area contributed by atoms with Crippen molar-refractivity contribution in [1.29, 1.82) is 0 Å². The van der Waals surface area contributed by atoms with Crippen LogP contribution in [0.5, 0.6) is 11.5 Å². The van der Waals surface area contributed by atoms with E-state index >= 15 is 0 Å². The Morgan fingerprint density at radius 2 is 1.71 bits per heavy atom. The summed E-state index contributed by atoms with van der Waals surface area (Å²) in [4.78, 5) is 18.7. The van der Waals surface area contributed by atoms with Crippen molar-refractivity contribution in [3.05, 3.63) is 105 Å². The Morgan fingerprint density at radius 3 is 2.42 bits per heavy atom. The van der Waals surface area contributed by atoms with Crippen LogP contribution in [0.4, 0.5) is 0 Å². The zero-order chi connectivity index (χ0) is 31.3. The normalized spacial score (nSPS) is 12.0. The molecule has 0 aliphatic rings. The van der Waals surface area contributed by atoms with Crippen molar-refractivity contribution >= 4 is 22.4 Å². The molecule has 0 saturated carbocycles. The number of aromatic nitrogens is 5. The van der Waals surface area contributed by atoms with Crippen LogP contribution in [0, 0.1) is 12.8 Å². The van der Waals surface area contributed by atoms with E-state index in [0.717, 1.165) is 64.4 Å². The van der Waals surface area contributed by atoms with E-state index in [-0.39, 0.29) is 5.56 Å². The SMILES string of the molecule is CCCCOc1ccc(-c2nc3s/c(=C\c4cn(-c5ccccc5)nc4-c4ccc(OCCC(C)C)c(C)c4)c(=O)n3n2)cc1. The minimum atomic E-state index is -0.211. The van der Waals surface area contributed by atoms with Gasteiger partial charge in [-0.25, -0.2) is 4.68 Å². The van der Waals surface area contributed by atoms with Crippen LogP contribution in [0.2, 0.25) is 0 Å². The molecule has 0 amide bonds. The standard InChI is InChI=1S/C36H37N5O3S/c1-5-6-19-43-30-15-12-26(13-16-30)34-37-36-41(39-34)35(42)32(45-36)22-28-23-40(29-10-8-7-9-11-29)38-33(28)27-14-17-31(25(4)21-27)44-20-18-24(2)3/h7-17,21-24H,5-6,18-20H2,1-4H3/b32-22-. The molecule has 0 fully saturated rings. The van der Waals surface area contributed by atoms with Gasteiger partial charge in [0.1, 0.15) is 17.2 Å². The Labute approximate surface area is 266 Å². The van der Waals surface area contributed by atoms with Gasteiger partial charge < -0.3 is 9.47 Å². The zero-order valence-corrected chi connectivity index (χ0v) is 26.9. The van der Waals surface area contributed by atoms with E-state index in [1.165, 1.54) is 15.9 Å². The van der Waals surface area contributed by atoms with Gasteiger partial charge in [-0.2, -0.15) is 14.6 Å². The first-order valence-electron chi connectivity index (χ1n) is 15.4. The van der Waals surface area contributed by atoms with Crippen molar-refractivity contribution in [2.24, 2.45) is 5.92 Å². The molecule has 0 bridgehead atoms. The van der Waals surface area contributed by atoms with Crippen LogP contribution in [-0.4, -0.2) is 37.6 Å². The summed E-state index contributed by atoms with van der Waals surface area (Å²) in [6.07, 6.45) is 6.94. The molecule has 230 valence electrons. The number of nitrogens with zero attached hydrogens (tertiary/aromatic N) is 5. The lowest BCUT2D eigenvalue weighted by Crippen LogP contribution is -2.23. The Kier molecular flexibility index (Phi) is 9.07. The maximum Gasteiger partial charge on any atom is 0.291 e. The van der Waals surface area contributed by atoms with Gasteiger partial charge in [0.15, 0.2) is 5.82 Å². The lowest BCUT2D eigenvalue weighted by molar-refractivity contribution is 0.288. The molecule has 0 spiro atoms. The van der Waals surface area contributed by atoms with Gasteiger partial charge in [-0.1, -0.05) is 56.7 Å². The molecule has 3 heterocycles. The van der Waals surface area contributed by atoms with E-state index in [1.54, 1.807) is 0 Å². The van der Waals surface area contributed by atoms with Crippen LogP contribution < -0.4 is 19.6 Å². The molecule has 45 heavy (non-hydrogen) atoms. The van der Waals surface area contributed by atoms with Crippen LogP contribution in [0.25, 0.3) is 39.4 Å². The largest absolute Gasteiger partial charge is 0.494 e. The first kappa shape index (κ1) is 30.3. The molecule has 3 aromatic heterocycles. The van der Waals surface area contributed by atoms with Crippen molar-refractivity contribution in [3.8, 4) is 39.8 Å². The number of unbranched alkanes of at least 4 members (excludes halogenated alkanes) is 1. The number of para-hydroxylation sites is 1. The highest BCUT2D eigenvalue weighted by Gasteiger charge is 2.16. The van der Waals surface area contributed by atoms with Crippen molar-refractivity contribution < 1.29 is 9.47 Å². The van der Waals surface area contributed by atoms with E-state index in [4.69, 9.17) is 14.6 Å². The topological polar surface area (TPSA) is 83.5 Å². The molecule has 0 N–H and O–H groups in total. The number of thiazole rings is 1. The smallest absolute Gasteiger partial charge is 0.291 e. The Morgan fingerprint density at radius 1 is 0.933 bits per heavy atom. The van der Waals surface area contributed by atoms with Gasteiger partial charge in [-0.15, -0.1) is 5.10 Å². The maximum absolute atomic E-state index is 13.5. The molecular formula is C36H37N5O3S. The molecule has 0 unspecified atom stereocenters. The van der Waals surface area contributed by atoms with Crippen molar-refractivity contribution in [1.82, 2.24) is 24.4 Å². The van der Waals surface area contributed by atoms with Crippen molar-refractivity contribution in [2.75, 3.05) is 13.2 Å². The average Bonchev–Trinajstić information content (AvgIpc) is 3.74. The van der Waals surface area contributed by atoms with Crippen molar-refractivity contribution in [3.63, 3.8) is 0 Å². The highest BCUT2D eigenvalue weighted by Crippen LogP contribution is 2.29. The number of rotatable bonds is 12. The molecule has 8 nitrogen and oxygen atoms in total. The second-order valence-corrected chi connectivity index (χ2v) is 12.5. The Hall–Kier alpha value is -4.76. The molecule has 0 atom stereocenters. The van der Waals surface area contributed by atoms with Crippen LogP contribution >= 0.6 is 11.3 Å². The fraction of sp³-hybridized carbons (Fsp3) is 0.278. The summed E-state index contributed by atoms with van der Waals surface area (Å²) in [6.45, 7) is 9.94. The van der Waals surface area contributed by atoms with Crippen molar-refractivity contribution in [2.45, 2.75) is 47.0 Å². The minimum Gasteiger partial charge on any atom is -0.494 e. The van der Waals surface area contributed by atoms with Crippen LogP contribution in [0.3, 0.4) is 0 Å². The van der Waals surface area contributed by atoms with Gasteiger partial charge in [0.25, 0.3) is 5.56 Å². The highest BCUT2D eigenvalue weighted by molar-refractivity contribution is 7.15. The molecule has 9 heteroatoms. The fourth-order valence-corrected chi connectivity index (χ4v) is 5.82. The van der Waals surface area contributed by atoms with E-state index < -0.39 is 0 Å². The number of hydrogen-bond acceptors (Lipinski definition) is 7. The number of aryl methyl sites for hydroxylation is 1. The number of benzene rings is 3. The molecule has 6 rings (SSSR count). The van der Waals surface area contributed by atoms with E-state index in [0.29, 0.717) is 34.4 Å². The Bertz CT molecular complexity index is 2010. The third kappa shape index (κ3) is 6.83. The van der Waals surface area contributed by atoms with E-state index in [1.807, 2.05) is 90.6 Å². The van der Waals surface area contributed by atoms with Crippen LogP contribution in [0.15, 0.2) is 83.8 Å². The number of fused-ring (bicyclic) bond motifs is 1. The summed E-state index contributed by atoms with van der Waals surface area (Å²) in [6, 6.07) is 23.7. The summed E-state index contributed by atoms with van der Waals surface area (Å²) in [5.74, 6) is 2.77. The zero-order valence-electron chi connectivity index (χ0n) is 26.1.